The van der Waals surface area contributed by atoms with Crippen molar-refractivity contribution in [2.75, 3.05) is 13.1 Å². The van der Waals surface area contributed by atoms with Gasteiger partial charge in [-0.05, 0) is 37.3 Å². The van der Waals surface area contributed by atoms with Crippen LogP contribution in [0, 0.1) is 0 Å². The minimum atomic E-state index is 0.258. The van der Waals surface area contributed by atoms with Gasteiger partial charge in [-0.2, -0.15) is 0 Å². The van der Waals surface area contributed by atoms with Gasteiger partial charge in [0.05, 0.1) is 18.8 Å². The molecule has 1 aromatic heterocycles. The van der Waals surface area contributed by atoms with Crippen molar-refractivity contribution in [3.05, 3.63) is 52.9 Å². The quantitative estimate of drug-likeness (QED) is 0.445. The zero-order valence-electron chi connectivity index (χ0n) is 19.0. The molecule has 2 heterocycles. The Kier molecular flexibility index (Phi) is 8.50. The third kappa shape index (κ3) is 6.57. The Hall–Kier alpha value is -2.83. The zero-order valence-corrected chi connectivity index (χ0v) is 19.0. The second-order valence-electron chi connectivity index (χ2n) is 8.02. The van der Waals surface area contributed by atoms with E-state index in [-0.39, 0.29) is 5.91 Å². The molecule has 31 heavy (non-hydrogen) atoms. The lowest BCUT2D eigenvalue weighted by Gasteiger charge is -2.15. The molecule has 0 spiro atoms. The number of carbonyl (C=O) groups excluding carboxylic acids is 1. The number of hydrogen-bond donors (Lipinski definition) is 2. The van der Waals surface area contributed by atoms with Gasteiger partial charge in [0.2, 0.25) is 5.91 Å². The normalized spacial score (nSPS) is 14.5. The van der Waals surface area contributed by atoms with Crippen molar-refractivity contribution in [2.24, 2.45) is 4.99 Å². The van der Waals surface area contributed by atoms with Gasteiger partial charge in [-0.3, -0.25) is 4.79 Å². The van der Waals surface area contributed by atoms with E-state index < -0.39 is 0 Å². The van der Waals surface area contributed by atoms with Gasteiger partial charge in [0.1, 0.15) is 0 Å². The Labute approximate surface area is 185 Å². The number of benzene rings is 1. The minimum absolute atomic E-state index is 0.258. The predicted octanol–water partition coefficient (Wildman–Crippen LogP) is 3.96. The Balaban J connectivity index is 1.53. The van der Waals surface area contributed by atoms with Crippen LogP contribution in [0.15, 0.2) is 39.8 Å². The van der Waals surface area contributed by atoms with Crippen molar-refractivity contribution in [3.63, 3.8) is 0 Å². The molecule has 1 aliphatic rings. The van der Waals surface area contributed by atoms with E-state index in [4.69, 9.17) is 4.52 Å². The fourth-order valence-corrected chi connectivity index (χ4v) is 3.84. The first-order valence-corrected chi connectivity index (χ1v) is 11.5. The first-order valence-electron chi connectivity index (χ1n) is 11.5. The molecule has 7 heteroatoms. The summed E-state index contributed by atoms with van der Waals surface area (Å²) in [6, 6.07) is 10.4. The van der Waals surface area contributed by atoms with Crippen LogP contribution in [0.4, 0.5) is 0 Å². The number of nitrogens with zero attached hydrogens (tertiary/aromatic N) is 3. The summed E-state index contributed by atoms with van der Waals surface area (Å²) >= 11 is 0. The highest BCUT2D eigenvalue weighted by molar-refractivity contribution is 5.79. The largest absolute Gasteiger partial charge is 0.359 e. The van der Waals surface area contributed by atoms with E-state index in [1.54, 1.807) is 0 Å². The number of carbonyl (C=O) groups is 1. The van der Waals surface area contributed by atoms with E-state index in [1.807, 2.05) is 17.9 Å². The fourth-order valence-electron chi connectivity index (χ4n) is 3.84. The van der Waals surface area contributed by atoms with Gasteiger partial charge < -0.3 is 20.1 Å². The molecule has 3 rings (SSSR count). The highest BCUT2D eigenvalue weighted by Crippen LogP contribution is 2.22. The van der Waals surface area contributed by atoms with E-state index in [2.05, 4.69) is 58.9 Å². The van der Waals surface area contributed by atoms with Crippen molar-refractivity contribution in [1.82, 2.24) is 20.7 Å². The minimum Gasteiger partial charge on any atom is -0.359 e. The first-order chi connectivity index (χ1) is 15.1. The van der Waals surface area contributed by atoms with Gasteiger partial charge in [0.15, 0.2) is 11.7 Å². The Morgan fingerprint density at radius 3 is 2.55 bits per heavy atom. The van der Waals surface area contributed by atoms with Crippen LogP contribution in [0.1, 0.15) is 75.0 Å². The number of likely N-dealkylation sites (tertiary alicyclic amines) is 1. The molecule has 2 N–H and O–H groups in total. The number of guanidine groups is 1. The number of amides is 1. The lowest BCUT2D eigenvalue weighted by molar-refractivity contribution is -0.128. The zero-order chi connectivity index (χ0) is 22.1. The van der Waals surface area contributed by atoms with Crippen molar-refractivity contribution in [3.8, 4) is 0 Å². The summed E-state index contributed by atoms with van der Waals surface area (Å²) in [4.78, 5) is 18.4. The smallest absolute Gasteiger partial charge is 0.222 e. The molecule has 1 saturated heterocycles. The number of aliphatic imine (C=N–C) groups is 1. The molecule has 1 aliphatic heterocycles. The topological polar surface area (TPSA) is 82.8 Å². The fraction of sp³-hybridized carbons (Fsp3) is 0.542. The van der Waals surface area contributed by atoms with E-state index in [1.165, 1.54) is 0 Å². The molecule has 168 valence electrons. The van der Waals surface area contributed by atoms with Crippen molar-refractivity contribution in [2.45, 2.75) is 72.0 Å². The third-order valence-corrected chi connectivity index (χ3v) is 5.74. The van der Waals surface area contributed by atoms with Crippen LogP contribution in [0.5, 0.6) is 0 Å². The maximum atomic E-state index is 11.8. The summed E-state index contributed by atoms with van der Waals surface area (Å²) in [5.74, 6) is 2.27. The summed E-state index contributed by atoms with van der Waals surface area (Å²) in [6.07, 6.45) is 3.78. The van der Waals surface area contributed by atoms with E-state index in [0.29, 0.717) is 32.0 Å². The molecule has 0 saturated carbocycles. The van der Waals surface area contributed by atoms with E-state index >= 15 is 0 Å². The van der Waals surface area contributed by atoms with Gasteiger partial charge in [-0.15, -0.1) is 0 Å². The average molecular weight is 426 g/mol. The third-order valence-electron chi connectivity index (χ3n) is 5.74. The maximum Gasteiger partial charge on any atom is 0.222 e. The molecule has 0 unspecified atom stereocenters. The molecule has 0 aliphatic carbocycles. The molecule has 0 atom stereocenters. The number of nitrogens with one attached hydrogen (secondary N) is 2. The molecule has 2 aromatic rings. The summed E-state index contributed by atoms with van der Waals surface area (Å²) in [5, 5.41) is 10.8. The molecule has 1 amide bonds. The first kappa shape index (κ1) is 22.8. The number of aromatic nitrogens is 1. The Morgan fingerprint density at radius 1 is 1.16 bits per heavy atom. The van der Waals surface area contributed by atoms with Crippen LogP contribution in [0.2, 0.25) is 0 Å². The molecule has 7 nitrogen and oxygen atoms in total. The van der Waals surface area contributed by atoms with Crippen molar-refractivity contribution >= 4 is 11.9 Å². The van der Waals surface area contributed by atoms with Crippen molar-refractivity contribution in [1.29, 1.82) is 0 Å². The van der Waals surface area contributed by atoms with E-state index in [9.17, 15) is 4.79 Å². The highest BCUT2D eigenvalue weighted by Gasteiger charge is 2.19. The van der Waals surface area contributed by atoms with Gasteiger partial charge >= 0.3 is 0 Å². The van der Waals surface area contributed by atoms with Gasteiger partial charge in [-0.1, -0.05) is 43.3 Å². The summed E-state index contributed by atoms with van der Waals surface area (Å²) in [7, 11) is 0. The van der Waals surface area contributed by atoms with Crippen LogP contribution in [-0.2, 0) is 24.4 Å². The molecule has 0 radical (unpaired) electrons. The second kappa shape index (κ2) is 11.5. The lowest BCUT2D eigenvalue weighted by atomic mass is 9.99. The Bertz CT molecular complexity index is 855. The van der Waals surface area contributed by atoms with Crippen LogP contribution in [0.3, 0.4) is 0 Å². The van der Waals surface area contributed by atoms with Crippen LogP contribution >= 0.6 is 0 Å². The molecule has 0 bridgehead atoms. The summed E-state index contributed by atoms with van der Waals surface area (Å²) < 4.78 is 5.49. The van der Waals surface area contributed by atoms with Crippen LogP contribution in [0.25, 0.3) is 0 Å². The SMILES string of the molecule is CCNC(=NCc1ccc(CN2CCCC2=O)cc1)NCc1cc(C(CC)CC)no1. The molecule has 1 aromatic carbocycles. The maximum absolute atomic E-state index is 11.8. The average Bonchev–Trinajstić information content (AvgIpc) is 3.41. The summed E-state index contributed by atoms with van der Waals surface area (Å²) in [5.41, 5.74) is 3.32. The molecular formula is C24H35N5O2. The highest BCUT2D eigenvalue weighted by atomic mass is 16.5. The molecular weight excluding hydrogens is 390 g/mol. The van der Waals surface area contributed by atoms with Gasteiger partial charge in [0, 0.05) is 38.0 Å². The number of hydrogen-bond acceptors (Lipinski definition) is 4. The second-order valence-corrected chi connectivity index (χ2v) is 8.02. The van der Waals surface area contributed by atoms with Crippen molar-refractivity contribution < 1.29 is 9.32 Å². The number of rotatable bonds is 10. The van der Waals surface area contributed by atoms with Crippen LogP contribution in [-0.4, -0.2) is 35.0 Å². The van der Waals surface area contributed by atoms with Crippen LogP contribution < -0.4 is 10.6 Å². The standard InChI is InChI=1S/C24H35N5O2/c1-4-20(5-2)22-14-21(31-28-22)16-27-24(25-6-3)26-15-18-9-11-19(12-10-18)17-29-13-7-8-23(29)30/h9-12,14,20H,4-8,13,15-17H2,1-3H3,(H2,25,26,27). The van der Waals surface area contributed by atoms with Gasteiger partial charge in [0.25, 0.3) is 0 Å². The monoisotopic (exact) mass is 425 g/mol. The van der Waals surface area contributed by atoms with E-state index in [0.717, 1.165) is 60.9 Å². The molecule has 1 fully saturated rings. The van der Waals surface area contributed by atoms with Gasteiger partial charge in [-0.25, -0.2) is 4.99 Å². The summed E-state index contributed by atoms with van der Waals surface area (Å²) in [6.45, 7) is 9.87. The predicted molar refractivity (Wildman–Crippen MR) is 123 cm³/mol. The Morgan fingerprint density at radius 2 is 1.90 bits per heavy atom. The lowest BCUT2D eigenvalue weighted by Crippen LogP contribution is -2.36.